The van der Waals surface area contributed by atoms with Gasteiger partial charge in [0.1, 0.15) is 17.7 Å². The second-order valence-corrected chi connectivity index (χ2v) is 12.9. The van der Waals surface area contributed by atoms with Crippen molar-refractivity contribution >= 4 is 45.3 Å². The van der Waals surface area contributed by atoms with Crippen molar-refractivity contribution in [3.8, 4) is 0 Å². The van der Waals surface area contributed by atoms with Gasteiger partial charge in [0, 0.05) is 9.79 Å². The highest BCUT2D eigenvalue weighted by molar-refractivity contribution is 8.76. The largest absolute Gasteiger partial charge is 0.480 e. The van der Waals surface area contributed by atoms with E-state index in [1.165, 1.54) is 21.6 Å². The van der Waals surface area contributed by atoms with E-state index in [-0.39, 0.29) is 11.8 Å². The van der Waals surface area contributed by atoms with Crippen molar-refractivity contribution in [2.24, 2.45) is 11.8 Å². The minimum absolute atomic E-state index is 0.136. The average Bonchev–Trinajstić information content (AvgIpc) is 2.91. The molecule has 0 heterocycles. The van der Waals surface area contributed by atoms with Gasteiger partial charge in [0.15, 0.2) is 0 Å². The highest BCUT2D eigenvalue weighted by atomic mass is 33.1. The monoisotopic (exact) mass is 588 g/mol. The van der Waals surface area contributed by atoms with Crippen LogP contribution in [0.2, 0.25) is 0 Å². The van der Waals surface area contributed by atoms with Crippen molar-refractivity contribution in [3.63, 3.8) is 0 Å². The Hall–Kier alpha value is -2.98. The lowest BCUT2D eigenvalue weighted by molar-refractivity contribution is -0.158. The molecule has 3 N–H and O–H groups in total. The summed E-state index contributed by atoms with van der Waals surface area (Å²) < 4.78 is 5.56. The van der Waals surface area contributed by atoms with E-state index in [0.29, 0.717) is 33.8 Å². The molecule has 8 nitrogen and oxygen atoms in total. The highest BCUT2D eigenvalue weighted by Gasteiger charge is 2.31. The molecule has 2 unspecified atom stereocenters. The smallest absolute Gasteiger partial charge is 0.329 e. The first-order valence-electron chi connectivity index (χ1n) is 13.4. The molecule has 40 heavy (non-hydrogen) atoms. The van der Waals surface area contributed by atoms with Gasteiger partial charge in [0.05, 0.1) is 11.1 Å². The third kappa shape index (κ3) is 9.59. The molecule has 0 aliphatic rings. The maximum Gasteiger partial charge on any atom is 0.329 e. The van der Waals surface area contributed by atoms with Gasteiger partial charge in [-0.3, -0.25) is 9.59 Å². The van der Waals surface area contributed by atoms with E-state index in [9.17, 15) is 24.3 Å². The highest BCUT2D eigenvalue weighted by Crippen LogP contribution is 2.40. The fourth-order valence-electron chi connectivity index (χ4n) is 3.70. The van der Waals surface area contributed by atoms with Crippen molar-refractivity contribution in [3.05, 3.63) is 59.7 Å². The molecule has 2 aromatic rings. The molecule has 0 saturated heterocycles. The molecule has 2 rings (SSSR count). The van der Waals surface area contributed by atoms with Crippen LogP contribution in [0.3, 0.4) is 0 Å². The summed E-state index contributed by atoms with van der Waals surface area (Å²) in [6.07, 6.45) is 1.28. The molecule has 0 fully saturated rings. The number of carbonyl (C=O) groups is 4. The van der Waals surface area contributed by atoms with E-state index in [1.807, 2.05) is 26.8 Å². The molecule has 0 radical (unpaired) electrons. The molecule has 0 spiro atoms. The van der Waals surface area contributed by atoms with Crippen molar-refractivity contribution in [1.82, 2.24) is 10.6 Å². The SMILES string of the molecule is CCC(C)[C@H](NC(=O)c1ccccc1SSc1ccccc1C(=O)N[C@@H](C(=O)OC(C)(C)C)C(C)CC)C(=O)O. The number of nitrogens with one attached hydrogen (secondary N) is 2. The molecule has 218 valence electrons. The number of benzene rings is 2. The van der Waals surface area contributed by atoms with Gasteiger partial charge >= 0.3 is 11.9 Å². The Balaban J connectivity index is 2.24. The predicted octanol–water partition coefficient (Wildman–Crippen LogP) is 6.20. The van der Waals surface area contributed by atoms with Crippen LogP contribution < -0.4 is 10.6 Å². The standard InChI is InChI=1S/C30H40N2O6S2/c1-8-18(3)24(28(35)36)31-26(33)20-14-10-12-16-22(20)39-40-23-17-13-11-15-21(23)27(34)32-25(19(4)9-2)29(37)38-30(5,6)7/h10-19,24-25H,8-9H2,1-7H3,(H,31,33)(H,32,34)(H,35,36)/t18?,19?,24-,25+/m0/s1. The Morgan fingerprint density at radius 3 is 1.57 bits per heavy atom. The lowest BCUT2D eigenvalue weighted by Crippen LogP contribution is -2.47. The number of esters is 1. The van der Waals surface area contributed by atoms with E-state index >= 15 is 0 Å². The minimum atomic E-state index is -1.08. The minimum Gasteiger partial charge on any atom is -0.480 e. The molecule has 2 amide bonds. The summed E-state index contributed by atoms with van der Waals surface area (Å²) in [4.78, 5) is 52.3. The Bertz CT molecular complexity index is 1200. The lowest BCUT2D eigenvalue weighted by Gasteiger charge is -2.27. The number of carboxylic acid groups (broad SMARTS) is 1. The number of amides is 2. The van der Waals surface area contributed by atoms with Crippen LogP contribution in [0, 0.1) is 11.8 Å². The first-order chi connectivity index (χ1) is 18.8. The summed E-state index contributed by atoms with van der Waals surface area (Å²) in [7, 11) is 2.59. The van der Waals surface area contributed by atoms with Crippen LogP contribution in [0.4, 0.5) is 0 Å². The molecule has 0 saturated carbocycles. The quantitative estimate of drug-likeness (QED) is 0.187. The van der Waals surface area contributed by atoms with Gasteiger partial charge in [-0.1, -0.05) is 86.4 Å². The van der Waals surface area contributed by atoms with Gasteiger partial charge in [-0.2, -0.15) is 0 Å². The molecule has 0 aliphatic carbocycles. The van der Waals surface area contributed by atoms with Gasteiger partial charge in [0.25, 0.3) is 11.8 Å². The number of rotatable bonds is 13. The first kappa shape index (κ1) is 33.2. The Morgan fingerprint density at radius 1 is 0.775 bits per heavy atom. The molecule has 0 aromatic heterocycles. The van der Waals surface area contributed by atoms with Crippen LogP contribution in [0.15, 0.2) is 58.3 Å². The topological polar surface area (TPSA) is 122 Å². The van der Waals surface area contributed by atoms with Crippen LogP contribution in [0.1, 0.15) is 82.0 Å². The van der Waals surface area contributed by atoms with E-state index in [4.69, 9.17) is 4.74 Å². The molecule has 0 aliphatic heterocycles. The fraction of sp³-hybridized carbons (Fsp3) is 0.467. The Labute approximate surface area is 244 Å². The van der Waals surface area contributed by atoms with Crippen molar-refractivity contribution in [2.45, 2.75) is 88.8 Å². The second kappa shape index (κ2) is 15.1. The van der Waals surface area contributed by atoms with Crippen LogP contribution in [-0.2, 0) is 14.3 Å². The fourth-order valence-corrected chi connectivity index (χ4v) is 6.06. The van der Waals surface area contributed by atoms with Crippen LogP contribution in [-0.4, -0.2) is 46.5 Å². The maximum absolute atomic E-state index is 13.4. The van der Waals surface area contributed by atoms with Gasteiger partial charge in [0.2, 0.25) is 0 Å². The zero-order chi connectivity index (χ0) is 30.0. The summed E-state index contributed by atoms with van der Waals surface area (Å²) >= 11 is 0. The van der Waals surface area contributed by atoms with Crippen LogP contribution >= 0.6 is 21.6 Å². The number of hydrogen-bond donors (Lipinski definition) is 3. The Morgan fingerprint density at radius 2 is 1.18 bits per heavy atom. The maximum atomic E-state index is 13.4. The number of aliphatic carboxylic acids is 1. The lowest BCUT2D eigenvalue weighted by atomic mass is 9.98. The zero-order valence-electron chi connectivity index (χ0n) is 24.1. The number of ether oxygens (including phenoxy) is 1. The molecule has 0 bridgehead atoms. The summed E-state index contributed by atoms with van der Waals surface area (Å²) in [6, 6.07) is 12.2. The number of carboxylic acids is 1. The third-order valence-corrected chi connectivity index (χ3v) is 8.89. The summed E-state index contributed by atoms with van der Waals surface area (Å²) in [5, 5.41) is 15.1. The van der Waals surface area contributed by atoms with E-state index in [0.717, 1.165) is 0 Å². The van der Waals surface area contributed by atoms with Crippen molar-refractivity contribution < 1.29 is 29.0 Å². The number of carbonyl (C=O) groups excluding carboxylic acids is 3. The number of hydrogen-bond acceptors (Lipinski definition) is 7. The molecular weight excluding hydrogens is 548 g/mol. The van der Waals surface area contributed by atoms with Crippen LogP contribution in [0.25, 0.3) is 0 Å². The zero-order valence-corrected chi connectivity index (χ0v) is 25.8. The van der Waals surface area contributed by atoms with Crippen molar-refractivity contribution in [1.29, 1.82) is 0 Å². The van der Waals surface area contributed by atoms with E-state index < -0.39 is 41.4 Å². The summed E-state index contributed by atoms with van der Waals surface area (Å²) in [5.74, 6) is -2.81. The average molecular weight is 589 g/mol. The summed E-state index contributed by atoms with van der Waals surface area (Å²) in [5.41, 5.74) is 0.0520. The predicted molar refractivity (Wildman–Crippen MR) is 159 cm³/mol. The Kier molecular flexibility index (Phi) is 12.6. The first-order valence-corrected chi connectivity index (χ1v) is 15.5. The van der Waals surface area contributed by atoms with Crippen LogP contribution in [0.5, 0.6) is 0 Å². The second-order valence-electron chi connectivity index (χ2n) is 10.7. The van der Waals surface area contributed by atoms with Crippen molar-refractivity contribution in [2.75, 3.05) is 0 Å². The van der Waals surface area contributed by atoms with Gasteiger partial charge in [-0.05, 0) is 56.9 Å². The van der Waals surface area contributed by atoms with E-state index in [2.05, 4.69) is 10.6 Å². The van der Waals surface area contributed by atoms with Gasteiger partial charge in [-0.15, -0.1) is 0 Å². The molecule has 4 atom stereocenters. The summed E-state index contributed by atoms with van der Waals surface area (Å²) in [6.45, 7) is 12.9. The normalized spacial score (nSPS) is 14.4. The molecule has 10 heteroatoms. The van der Waals surface area contributed by atoms with Gasteiger partial charge < -0.3 is 20.5 Å². The van der Waals surface area contributed by atoms with E-state index in [1.54, 1.807) is 70.2 Å². The molecule has 2 aromatic carbocycles. The third-order valence-electron chi connectivity index (χ3n) is 6.41. The van der Waals surface area contributed by atoms with Gasteiger partial charge in [-0.25, -0.2) is 9.59 Å². The molecular formula is C30H40N2O6S2.